The summed E-state index contributed by atoms with van der Waals surface area (Å²) in [5, 5.41) is 14.8. The molecule has 148 valence electrons. The molecule has 1 aliphatic heterocycles. The van der Waals surface area contributed by atoms with Crippen LogP contribution in [-0.4, -0.2) is 45.4 Å². The van der Waals surface area contributed by atoms with Gasteiger partial charge in [0.25, 0.3) is 0 Å². The lowest BCUT2D eigenvalue weighted by atomic mass is 9.93. The third-order valence-electron chi connectivity index (χ3n) is 5.24. The molecule has 0 spiro atoms. The van der Waals surface area contributed by atoms with Crippen LogP contribution >= 0.6 is 11.3 Å². The second kappa shape index (κ2) is 7.84. The second-order valence-corrected chi connectivity index (χ2v) is 7.93. The van der Waals surface area contributed by atoms with Gasteiger partial charge >= 0.3 is 5.97 Å². The van der Waals surface area contributed by atoms with E-state index >= 15 is 0 Å². The number of esters is 1. The van der Waals surface area contributed by atoms with E-state index in [1.165, 1.54) is 39.2 Å². The van der Waals surface area contributed by atoms with Gasteiger partial charge in [-0.15, -0.1) is 0 Å². The van der Waals surface area contributed by atoms with Gasteiger partial charge in [-0.1, -0.05) is 23.5 Å². The monoisotopic (exact) mass is 405 g/mol. The standard InChI is InChI=1S/C19H21FN4O3S/c1-2-27-18(26)12-6-8-23(9-7-12)15(13-4-3-5-14(20)10-13)16-17(25)24-19(28-16)21-11-22-24/h3-5,10-12,15,25H,2,6-9H2,1H3/p+1/t15-/m0/s1. The highest BCUT2D eigenvalue weighted by molar-refractivity contribution is 7.17. The van der Waals surface area contributed by atoms with Crippen molar-refractivity contribution >= 4 is 22.3 Å². The predicted molar refractivity (Wildman–Crippen MR) is 101 cm³/mol. The maximum absolute atomic E-state index is 13.9. The number of rotatable bonds is 5. The first kappa shape index (κ1) is 18.8. The molecule has 3 heterocycles. The van der Waals surface area contributed by atoms with Gasteiger partial charge in [-0.05, 0) is 19.1 Å². The molecule has 2 aromatic heterocycles. The number of carbonyl (C=O) groups excluding carboxylic acids is 1. The van der Waals surface area contributed by atoms with Gasteiger partial charge in [-0.2, -0.15) is 9.61 Å². The molecular weight excluding hydrogens is 383 g/mol. The molecule has 1 fully saturated rings. The van der Waals surface area contributed by atoms with Crippen molar-refractivity contribution in [1.82, 2.24) is 14.6 Å². The van der Waals surface area contributed by atoms with E-state index in [-0.39, 0.29) is 29.6 Å². The van der Waals surface area contributed by atoms with Crippen LogP contribution in [0.3, 0.4) is 0 Å². The molecule has 0 saturated carbocycles. The minimum absolute atomic E-state index is 0.0341. The van der Waals surface area contributed by atoms with Crippen LogP contribution in [0.1, 0.15) is 36.2 Å². The average molecular weight is 405 g/mol. The molecule has 4 rings (SSSR count). The minimum atomic E-state index is -0.317. The van der Waals surface area contributed by atoms with E-state index in [0.717, 1.165) is 18.7 Å². The Morgan fingerprint density at radius 3 is 2.93 bits per heavy atom. The summed E-state index contributed by atoms with van der Waals surface area (Å²) in [6.45, 7) is 3.63. The molecule has 1 saturated heterocycles. The van der Waals surface area contributed by atoms with Gasteiger partial charge < -0.3 is 14.7 Å². The number of piperidine rings is 1. The summed E-state index contributed by atoms with van der Waals surface area (Å²) >= 11 is 1.35. The van der Waals surface area contributed by atoms with Crippen molar-refractivity contribution in [2.45, 2.75) is 25.8 Å². The van der Waals surface area contributed by atoms with Gasteiger partial charge in [0, 0.05) is 18.4 Å². The van der Waals surface area contributed by atoms with E-state index < -0.39 is 0 Å². The fourth-order valence-corrected chi connectivity index (χ4v) is 5.03. The van der Waals surface area contributed by atoms with Crippen LogP contribution in [0.25, 0.3) is 4.96 Å². The van der Waals surface area contributed by atoms with Crippen LogP contribution in [0.4, 0.5) is 4.39 Å². The predicted octanol–water partition coefficient (Wildman–Crippen LogP) is 1.58. The fraction of sp³-hybridized carbons (Fsp3) is 0.421. The van der Waals surface area contributed by atoms with E-state index in [0.29, 0.717) is 29.3 Å². The Labute approximate surface area is 165 Å². The topological polar surface area (TPSA) is 81.2 Å². The van der Waals surface area contributed by atoms with E-state index in [2.05, 4.69) is 10.1 Å². The highest BCUT2D eigenvalue weighted by Gasteiger charge is 2.37. The number of ether oxygens (including phenoxy) is 1. The first-order valence-electron chi connectivity index (χ1n) is 9.36. The molecule has 9 heteroatoms. The van der Waals surface area contributed by atoms with Gasteiger partial charge in [0.05, 0.1) is 25.6 Å². The van der Waals surface area contributed by atoms with Crippen LogP contribution in [0.2, 0.25) is 0 Å². The molecule has 0 bridgehead atoms. The summed E-state index contributed by atoms with van der Waals surface area (Å²) in [6.07, 6.45) is 2.78. The molecule has 0 amide bonds. The largest absolute Gasteiger partial charge is 0.492 e. The first-order chi connectivity index (χ1) is 13.6. The van der Waals surface area contributed by atoms with Crippen molar-refractivity contribution < 1.29 is 23.9 Å². The highest BCUT2D eigenvalue weighted by atomic mass is 32.1. The van der Waals surface area contributed by atoms with E-state index in [4.69, 9.17) is 4.74 Å². The molecule has 1 aliphatic rings. The molecule has 0 unspecified atom stereocenters. The smallest absolute Gasteiger partial charge is 0.309 e. The van der Waals surface area contributed by atoms with Gasteiger partial charge in [0.15, 0.2) is 6.04 Å². The van der Waals surface area contributed by atoms with Crippen LogP contribution < -0.4 is 4.90 Å². The van der Waals surface area contributed by atoms with Crippen molar-refractivity contribution in [2.75, 3.05) is 19.7 Å². The molecule has 7 nitrogen and oxygen atoms in total. The average Bonchev–Trinajstić information content (AvgIpc) is 3.27. The number of thiazole rings is 1. The number of fused-ring (bicyclic) bond motifs is 1. The number of hydrogen-bond acceptors (Lipinski definition) is 6. The van der Waals surface area contributed by atoms with Crippen molar-refractivity contribution in [1.29, 1.82) is 0 Å². The fourth-order valence-electron chi connectivity index (χ4n) is 3.91. The number of nitrogens with zero attached hydrogens (tertiary/aromatic N) is 3. The maximum atomic E-state index is 13.9. The summed E-state index contributed by atoms with van der Waals surface area (Å²) in [5.74, 6) is -0.535. The van der Waals surface area contributed by atoms with Gasteiger partial charge in [0.2, 0.25) is 10.8 Å². The SMILES string of the molecule is CCOC(=O)C1CC[NH+]([C@@H](c2cccc(F)c2)c2sc3ncnn3c2O)CC1. The number of hydrogen-bond donors (Lipinski definition) is 2. The molecule has 28 heavy (non-hydrogen) atoms. The van der Waals surface area contributed by atoms with Gasteiger partial charge in [0.1, 0.15) is 17.0 Å². The normalized spacial score (nSPS) is 20.9. The third kappa shape index (κ3) is 3.47. The van der Waals surface area contributed by atoms with Gasteiger partial charge in [-0.3, -0.25) is 4.79 Å². The quantitative estimate of drug-likeness (QED) is 0.630. The summed E-state index contributed by atoms with van der Waals surface area (Å²) in [7, 11) is 0. The van der Waals surface area contributed by atoms with Crippen LogP contribution in [0, 0.1) is 11.7 Å². The number of aromatic hydroxyl groups is 1. The number of quaternary nitrogens is 1. The number of carbonyl (C=O) groups is 1. The molecule has 3 aromatic rings. The molecule has 0 radical (unpaired) electrons. The van der Waals surface area contributed by atoms with E-state index in [9.17, 15) is 14.3 Å². The zero-order chi connectivity index (χ0) is 19.7. The van der Waals surface area contributed by atoms with Crippen LogP contribution in [0.5, 0.6) is 5.88 Å². The van der Waals surface area contributed by atoms with Crippen molar-refractivity contribution in [3.63, 3.8) is 0 Å². The molecule has 1 atom stereocenters. The zero-order valence-corrected chi connectivity index (χ0v) is 16.3. The summed E-state index contributed by atoms with van der Waals surface area (Å²) in [6, 6.07) is 6.20. The van der Waals surface area contributed by atoms with Crippen molar-refractivity contribution in [2.24, 2.45) is 5.92 Å². The molecule has 2 N–H and O–H groups in total. The van der Waals surface area contributed by atoms with Crippen molar-refractivity contribution in [3.05, 3.63) is 46.9 Å². The minimum Gasteiger partial charge on any atom is -0.492 e. The molecule has 0 aliphatic carbocycles. The zero-order valence-electron chi connectivity index (χ0n) is 15.5. The Morgan fingerprint density at radius 2 is 2.25 bits per heavy atom. The Kier molecular flexibility index (Phi) is 5.27. The number of benzene rings is 1. The Morgan fingerprint density at radius 1 is 1.46 bits per heavy atom. The van der Waals surface area contributed by atoms with Crippen LogP contribution in [-0.2, 0) is 9.53 Å². The van der Waals surface area contributed by atoms with E-state index in [1.54, 1.807) is 6.07 Å². The lowest BCUT2D eigenvalue weighted by Gasteiger charge is -2.33. The summed E-state index contributed by atoms with van der Waals surface area (Å²) in [5.41, 5.74) is 0.782. The number of halogens is 1. The number of aromatic nitrogens is 3. The lowest BCUT2D eigenvalue weighted by Crippen LogP contribution is -3.13. The lowest BCUT2D eigenvalue weighted by molar-refractivity contribution is -0.930. The number of likely N-dealkylation sites (tertiary alicyclic amines) is 1. The number of nitrogens with one attached hydrogen (secondary N) is 1. The third-order valence-corrected chi connectivity index (χ3v) is 6.34. The highest BCUT2D eigenvalue weighted by Crippen LogP contribution is 2.35. The Balaban J connectivity index is 1.66. The molecule has 1 aromatic carbocycles. The Bertz CT molecular complexity index is 981. The van der Waals surface area contributed by atoms with Gasteiger partial charge in [-0.25, -0.2) is 9.37 Å². The maximum Gasteiger partial charge on any atom is 0.309 e. The van der Waals surface area contributed by atoms with Crippen LogP contribution in [0.15, 0.2) is 30.6 Å². The first-order valence-corrected chi connectivity index (χ1v) is 10.2. The molecular formula is C19H22FN4O3S+. The summed E-state index contributed by atoms with van der Waals surface area (Å²) in [4.78, 5) is 18.7. The van der Waals surface area contributed by atoms with E-state index in [1.807, 2.05) is 13.0 Å². The second-order valence-electron chi connectivity index (χ2n) is 6.92. The summed E-state index contributed by atoms with van der Waals surface area (Å²) < 4.78 is 20.5. The van der Waals surface area contributed by atoms with Crippen molar-refractivity contribution in [3.8, 4) is 5.88 Å². The Hall–Kier alpha value is -2.52.